The maximum absolute atomic E-state index is 12.3. The van der Waals surface area contributed by atoms with Crippen molar-refractivity contribution in [3.05, 3.63) is 245 Å². The van der Waals surface area contributed by atoms with Crippen LogP contribution in [-0.4, -0.2) is 69.0 Å². The minimum absolute atomic E-state index is 0. The second kappa shape index (κ2) is 29.7. The number of aliphatic hydroxyl groups excluding tert-OH is 1. The predicted octanol–water partition coefficient (Wildman–Crippen LogP) is 16.0. The smallest absolute Gasteiger partial charge is 0.230 e. The Morgan fingerprint density at radius 1 is 0.448 bits per heavy atom. The Hall–Kier alpha value is -10.7. The van der Waals surface area contributed by atoms with E-state index >= 15 is 0 Å². The van der Waals surface area contributed by atoms with Crippen LogP contribution in [0.15, 0.2) is 228 Å². The summed E-state index contributed by atoms with van der Waals surface area (Å²) in [6.45, 7) is 7.82. The summed E-state index contributed by atoms with van der Waals surface area (Å²) < 4.78 is 0. The normalized spacial score (nSPS) is 13.7. The second-order valence-electron chi connectivity index (χ2n) is 24.5. The Labute approximate surface area is 584 Å². The molecule has 11 N–H and O–H groups in total. The number of nitrogen functional groups attached to an aromatic ring is 3. The van der Waals surface area contributed by atoms with Crippen molar-refractivity contribution in [3.63, 3.8) is 0 Å². The third-order valence-corrected chi connectivity index (χ3v) is 16.9. The Morgan fingerprint density at radius 2 is 0.917 bits per heavy atom. The van der Waals surface area contributed by atoms with Crippen LogP contribution < -0.4 is 46.9 Å². The van der Waals surface area contributed by atoms with Crippen molar-refractivity contribution in [2.24, 2.45) is 22.1 Å². The number of ketones is 2. The number of nitrogens with two attached hydrogens (primary N) is 3. The molecule has 2 aliphatic rings. The van der Waals surface area contributed by atoms with Crippen LogP contribution in [0.1, 0.15) is 51.8 Å². The van der Waals surface area contributed by atoms with Gasteiger partial charge in [0.2, 0.25) is 33.1 Å². The van der Waals surface area contributed by atoms with E-state index in [1.54, 1.807) is 43.3 Å². The van der Waals surface area contributed by atoms with Crippen LogP contribution in [0.2, 0.25) is 0 Å². The van der Waals surface area contributed by atoms with Crippen LogP contribution in [0.4, 0.5) is 45.5 Å². The topological polar surface area (TPSA) is 242 Å². The third kappa shape index (κ3) is 15.4. The number of aromatic amines is 3. The first-order chi connectivity index (χ1) is 45.0. The summed E-state index contributed by atoms with van der Waals surface area (Å²) in [5.74, 6) is -0.922. The molecule has 16 nitrogen and oxygen atoms in total. The zero-order valence-corrected chi connectivity index (χ0v) is 57.8. The fourth-order valence-electron chi connectivity index (χ4n) is 11.7. The molecular weight excluding hydrogens is 1270 g/mol. The number of phenolic OH excluding ortho intramolecular Hbond substituents is 1. The molecule has 10 aromatic carbocycles. The van der Waals surface area contributed by atoms with Crippen molar-refractivity contribution in [2.75, 3.05) is 74.2 Å². The average molecular weight is 1350 g/mol. The number of pyridine rings is 2. The number of nitrogens with zero attached hydrogens (tertiary/aromatic N) is 6. The number of hydrogen-bond acceptors (Lipinski definition) is 13. The number of carbonyl (C=O) groups excluding carboxylic acids is 2. The standard InChI is InChI=1S/C18H16N2O.C17H19N3.C15H16N4.C15H12O3.C13H11N3.CH4.Y/c1-12-10-13(2)17-14(11-12)8-9-16(21)18(17)20-19-15-6-4-3-5-7-15;1-19(2)14-7-5-12-9-13-6-8-15(20(3)4)11-17(13)18-16(12)10-14;1-9-6-13-15(8-11(9)16)18-14-7-10(19(2)3)4-5-12(14)17-13;1-8-6-11-12(7-13(8)16)15(18)10-5-3-2-4-9(10)14(11)17;14-10-3-1-8-5-9-2-4-11(15)7-13(9)16-12(8)6-10;;/h3-11,21H,1-2H3;5-11H,1-4H3;4-8H,16H2,1-3H3;2-7,11-12,16H,1H3;1-7H,14-15H2;1H4;/p+3. The fourth-order valence-corrected chi connectivity index (χ4v) is 11.7. The van der Waals surface area contributed by atoms with Crippen LogP contribution in [0.5, 0.6) is 5.75 Å². The zero-order chi connectivity index (χ0) is 66.6. The Bertz CT molecular complexity index is 5030. The number of aliphatic hydroxyl groups is 1. The van der Waals surface area contributed by atoms with E-state index in [1.165, 1.54) is 44.8 Å². The van der Waals surface area contributed by atoms with Crippen LogP contribution in [0.3, 0.4) is 0 Å². The van der Waals surface area contributed by atoms with E-state index in [2.05, 4.69) is 159 Å². The van der Waals surface area contributed by atoms with Crippen molar-refractivity contribution in [1.82, 2.24) is 4.98 Å². The van der Waals surface area contributed by atoms with Gasteiger partial charge >= 0.3 is 0 Å². The molecule has 2 unspecified atom stereocenters. The monoisotopic (exact) mass is 1350 g/mol. The maximum atomic E-state index is 12.3. The number of aryl methyl sites for hydroxylation is 3. The second-order valence-corrected chi connectivity index (χ2v) is 24.5. The Kier molecular flexibility index (Phi) is 21.6. The molecule has 0 saturated heterocycles. The van der Waals surface area contributed by atoms with Gasteiger partial charge in [0.25, 0.3) is 0 Å². The van der Waals surface area contributed by atoms with Crippen LogP contribution in [0, 0.1) is 32.6 Å². The number of carbonyl (C=O) groups is 2. The van der Waals surface area contributed by atoms with Crippen molar-refractivity contribution in [1.29, 1.82) is 0 Å². The number of anilines is 6. The van der Waals surface area contributed by atoms with Crippen LogP contribution in [0.25, 0.3) is 76.5 Å². The fraction of sp³-hybridized carbons (Fsp3) is 0.165. The van der Waals surface area contributed by atoms with E-state index in [4.69, 9.17) is 17.2 Å². The molecule has 3 heterocycles. The number of allylic oxidation sites excluding steroid dienone is 3. The van der Waals surface area contributed by atoms with Crippen molar-refractivity contribution < 1.29 is 67.5 Å². The molecule has 17 heteroatoms. The zero-order valence-electron chi connectivity index (χ0n) is 55.0. The molecule has 0 amide bonds. The molecule has 0 saturated carbocycles. The van der Waals surface area contributed by atoms with E-state index in [0.29, 0.717) is 22.4 Å². The summed E-state index contributed by atoms with van der Waals surface area (Å²) in [5.41, 5.74) is 37.8. The van der Waals surface area contributed by atoms with E-state index in [1.807, 2.05) is 113 Å². The summed E-state index contributed by atoms with van der Waals surface area (Å²) >= 11 is 0. The number of aromatic nitrogens is 4. The van der Waals surface area contributed by atoms with Gasteiger partial charge in [-0.3, -0.25) is 9.59 Å². The van der Waals surface area contributed by atoms with Gasteiger partial charge in [-0.05, 0) is 153 Å². The Balaban J connectivity index is 0.000000140. The number of fused-ring (bicyclic) bond motifs is 9. The molecule has 15 rings (SSSR count). The number of rotatable bonds is 5. The van der Waals surface area contributed by atoms with E-state index in [0.717, 1.165) is 94.2 Å². The molecule has 0 fully saturated rings. The number of aromatic hydroxyl groups is 1. The van der Waals surface area contributed by atoms with Crippen LogP contribution in [-0.2, 0) is 32.7 Å². The number of nitrogens with one attached hydrogen (secondary N) is 3. The molecule has 13 aromatic rings. The van der Waals surface area contributed by atoms with E-state index in [-0.39, 0.29) is 63.2 Å². The number of hydrogen-bond donors (Lipinski definition) is 5. The first-order valence-corrected chi connectivity index (χ1v) is 30.9. The molecule has 96 heavy (non-hydrogen) atoms. The summed E-state index contributed by atoms with van der Waals surface area (Å²) in [5, 5.41) is 35.1. The number of benzene rings is 10. The van der Waals surface area contributed by atoms with Gasteiger partial charge in [-0.2, -0.15) is 5.11 Å². The number of H-pyrrole nitrogens is 3. The van der Waals surface area contributed by atoms with Gasteiger partial charge < -0.3 is 42.1 Å². The molecule has 2 aliphatic carbocycles. The van der Waals surface area contributed by atoms with E-state index in [9.17, 15) is 19.8 Å². The quantitative estimate of drug-likeness (QED) is 0.0616. The SMILES string of the molecule is C.CC1=CC2C(=O)c3ccccc3C(=O)C2C=C1O.CN(C)c1ccc2cc3ccc(N(C)C)cc3[nH+]c2c1.Cc1cc(C)c2c(N=Nc3ccccc3)c(O)ccc2c1.Cc1cc2[nH+]c3ccc(N(C)C)cc3nc2cc1N.Nc1ccc2cc3ccc(N)cc3[nH+]c2c1.[Y]. The minimum Gasteiger partial charge on any atom is -0.508 e. The molecule has 0 bridgehead atoms. The van der Waals surface area contributed by atoms with Crippen molar-refractivity contribution in [2.45, 2.75) is 35.1 Å². The Morgan fingerprint density at radius 3 is 1.47 bits per heavy atom. The summed E-state index contributed by atoms with van der Waals surface area (Å²) in [6.07, 6.45) is 3.19. The number of phenols is 1. The molecular formula is C79H81N12O4Y+3. The first kappa shape index (κ1) is 69.7. The third-order valence-electron chi connectivity index (χ3n) is 16.9. The first-order valence-electron chi connectivity index (χ1n) is 30.9. The van der Waals surface area contributed by atoms with Crippen molar-refractivity contribution >= 4 is 134 Å². The van der Waals surface area contributed by atoms with Gasteiger partial charge in [0, 0.05) is 184 Å². The summed E-state index contributed by atoms with van der Waals surface area (Å²) in [7, 11) is 12.3. The van der Waals surface area contributed by atoms with Gasteiger partial charge in [0.1, 0.15) is 28.2 Å². The van der Waals surface area contributed by atoms with Gasteiger partial charge in [0.05, 0.1) is 17.5 Å². The van der Waals surface area contributed by atoms with Crippen molar-refractivity contribution in [3.8, 4) is 5.75 Å². The molecule has 3 aromatic heterocycles. The maximum Gasteiger partial charge on any atom is 0.230 e. The minimum atomic E-state index is -0.559. The summed E-state index contributed by atoms with van der Waals surface area (Å²) in [4.78, 5) is 45.9. The summed E-state index contributed by atoms with van der Waals surface area (Å²) in [6, 6.07) is 63.3. The predicted molar refractivity (Wildman–Crippen MR) is 392 cm³/mol. The van der Waals surface area contributed by atoms with Crippen LogP contribution >= 0.6 is 0 Å². The number of Topliss-reactive ketones (excluding diaryl/α,β-unsaturated/α-hetero) is 2. The van der Waals surface area contributed by atoms with Gasteiger partial charge in [-0.25, -0.2) is 19.9 Å². The number of azo groups is 1. The molecule has 1 radical (unpaired) electrons. The van der Waals surface area contributed by atoms with Gasteiger partial charge in [-0.1, -0.05) is 79.7 Å². The molecule has 2 atom stereocenters. The molecule has 481 valence electrons. The average Bonchev–Trinajstić information content (AvgIpc) is 0.760. The van der Waals surface area contributed by atoms with E-state index < -0.39 is 11.8 Å². The molecule has 0 spiro atoms. The largest absolute Gasteiger partial charge is 0.508 e. The van der Waals surface area contributed by atoms with Gasteiger partial charge in [0.15, 0.2) is 11.6 Å². The van der Waals surface area contributed by atoms with Gasteiger partial charge in [-0.15, -0.1) is 5.11 Å². The molecule has 0 aliphatic heterocycles.